The van der Waals surface area contributed by atoms with E-state index >= 15 is 0 Å². The van der Waals surface area contributed by atoms with Crippen molar-refractivity contribution in [3.05, 3.63) is 59.7 Å². The fourth-order valence-electron chi connectivity index (χ4n) is 2.09. The van der Waals surface area contributed by atoms with Crippen LogP contribution in [0.25, 0.3) is 0 Å². The van der Waals surface area contributed by atoms with Gasteiger partial charge in [0.25, 0.3) is 0 Å². The first-order chi connectivity index (χ1) is 11.0. The summed E-state index contributed by atoms with van der Waals surface area (Å²) in [4.78, 5) is 0.288. The summed E-state index contributed by atoms with van der Waals surface area (Å²) in [7, 11) is -1.81. The molecule has 2 N–H and O–H groups in total. The van der Waals surface area contributed by atoms with Crippen molar-refractivity contribution in [2.24, 2.45) is 0 Å². The van der Waals surface area contributed by atoms with Crippen molar-refractivity contribution >= 4 is 10.0 Å². The number of nitrogens with one attached hydrogen (secondary N) is 2. The van der Waals surface area contributed by atoms with E-state index in [1.54, 1.807) is 31.4 Å². The molecule has 23 heavy (non-hydrogen) atoms. The molecule has 2 aromatic carbocycles. The molecule has 2 aromatic rings. The summed E-state index contributed by atoms with van der Waals surface area (Å²) < 4.78 is 32.0. The van der Waals surface area contributed by atoms with Crippen LogP contribution in [0.2, 0.25) is 0 Å². The van der Waals surface area contributed by atoms with Gasteiger partial charge in [-0.05, 0) is 36.8 Å². The first-order valence-corrected chi connectivity index (χ1v) is 8.89. The third kappa shape index (κ3) is 5.35. The zero-order valence-electron chi connectivity index (χ0n) is 13.4. The SMILES string of the molecule is COc1cccc(CNCCNS(=O)(=O)c2ccc(C)cc2)c1. The fourth-order valence-corrected chi connectivity index (χ4v) is 3.12. The molecule has 0 aliphatic heterocycles. The molecule has 5 nitrogen and oxygen atoms in total. The van der Waals surface area contributed by atoms with E-state index in [4.69, 9.17) is 4.74 Å². The van der Waals surface area contributed by atoms with Gasteiger partial charge in [-0.25, -0.2) is 13.1 Å². The molecule has 2 rings (SSSR count). The molecule has 0 heterocycles. The highest BCUT2D eigenvalue weighted by Crippen LogP contribution is 2.12. The highest BCUT2D eigenvalue weighted by Gasteiger charge is 2.12. The average Bonchev–Trinajstić information content (AvgIpc) is 2.55. The summed E-state index contributed by atoms with van der Waals surface area (Å²) in [5.74, 6) is 0.810. The maximum Gasteiger partial charge on any atom is 0.240 e. The van der Waals surface area contributed by atoms with Crippen molar-refractivity contribution in [3.8, 4) is 5.75 Å². The zero-order chi connectivity index (χ0) is 16.7. The smallest absolute Gasteiger partial charge is 0.240 e. The number of methoxy groups -OCH3 is 1. The lowest BCUT2D eigenvalue weighted by Gasteiger charge is -2.09. The molecule has 0 atom stereocenters. The van der Waals surface area contributed by atoms with Crippen LogP contribution in [0.15, 0.2) is 53.4 Å². The van der Waals surface area contributed by atoms with Crippen molar-refractivity contribution in [2.75, 3.05) is 20.2 Å². The Morgan fingerprint density at radius 1 is 1.04 bits per heavy atom. The first-order valence-electron chi connectivity index (χ1n) is 7.41. The summed E-state index contributed by atoms with van der Waals surface area (Å²) >= 11 is 0. The minimum Gasteiger partial charge on any atom is -0.497 e. The van der Waals surface area contributed by atoms with Crippen LogP contribution in [0.3, 0.4) is 0 Å². The molecular formula is C17H22N2O3S. The van der Waals surface area contributed by atoms with Crippen LogP contribution in [-0.2, 0) is 16.6 Å². The number of sulfonamides is 1. The van der Waals surface area contributed by atoms with Crippen LogP contribution in [0.5, 0.6) is 5.75 Å². The van der Waals surface area contributed by atoms with E-state index in [2.05, 4.69) is 10.0 Å². The third-order valence-corrected chi connectivity index (χ3v) is 4.87. The van der Waals surface area contributed by atoms with Crippen molar-refractivity contribution in [3.63, 3.8) is 0 Å². The van der Waals surface area contributed by atoms with Crippen LogP contribution >= 0.6 is 0 Å². The van der Waals surface area contributed by atoms with Gasteiger partial charge in [-0.15, -0.1) is 0 Å². The lowest BCUT2D eigenvalue weighted by molar-refractivity contribution is 0.414. The van der Waals surface area contributed by atoms with Gasteiger partial charge in [0, 0.05) is 19.6 Å². The van der Waals surface area contributed by atoms with Crippen molar-refractivity contribution in [1.29, 1.82) is 0 Å². The molecule has 0 bridgehead atoms. The van der Waals surface area contributed by atoms with Crippen molar-refractivity contribution in [2.45, 2.75) is 18.4 Å². The van der Waals surface area contributed by atoms with E-state index < -0.39 is 10.0 Å². The quantitative estimate of drug-likeness (QED) is 0.725. The number of benzene rings is 2. The number of rotatable bonds is 8. The van der Waals surface area contributed by atoms with E-state index in [1.165, 1.54) is 0 Å². The highest BCUT2D eigenvalue weighted by molar-refractivity contribution is 7.89. The summed E-state index contributed by atoms with van der Waals surface area (Å²) in [6.45, 7) is 3.46. The van der Waals surface area contributed by atoms with Gasteiger partial charge in [-0.3, -0.25) is 0 Å². The Morgan fingerprint density at radius 2 is 1.78 bits per heavy atom. The van der Waals surface area contributed by atoms with E-state index in [0.717, 1.165) is 16.9 Å². The second kappa shape index (κ2) is 8.10. The van der Waals surface area contributed by atoms with Gasteiger partial charge in [-0.1, -0.05) is 29.8 Å². The largest absolute Gasteiger partial charge is 0.497 e. The van der Waals surface area contributed by atoms with Gasteiger partial charge in [-0.2, -0.15) is 0 Å². The van der Waals surface area contributed by atoms with Gasteiger partial charge in [0.1, 0.15) is 5.75 Å². The van der Waals surface area contributed by atoms with Crippen molar-refractivity contribution < 1.29 is 13.2 Å². The molecule has 0 amide bonds. The van der Waals surface area contributed by atoms with Gasteiger partial charge < -0.3 is 10.1 Å². The minimum atomic E-state index is -3.44. The van der Waals surface area contributed by atoms with Gasteiger partial charge in [0.2, 0.25) is 10.0 Å². The second-order valence-electron chi connectivity index (χ2n) is 5.24. The van der Waals surface area contributed by atoms with Gasteiger partial charge in [0.15, 0.2) is 0 Å². The molecule has 0 aliphatic rings. The topological polar surface area (TPSA) is 67.4 Å². The van der Waals surface area contributed by atoms with Crippen LogP contribution in [0.1, 0.15) is 11.1 Å². The monoisotopic (exact) mass is 334 g/mol. The van der Waals surface area contributed by atoms with Crippen LogP contribution in [0, 0.1) is 6.92 Å². The van der Waals surface area contributed by atoms with Crippen LogP contribution < -0.4 is 14.8 Å². The highest BCUT2D eigenvalue weighted by atomic mass is 32.2. The molecule has 0 aliphatic carbocycles. The Labute approximate surface area is 137 Å². The lowest BCUT2D eigenvalue weighted by atomic mass is 10.2. The lowest BCUT2D eigenvalue weighted by Crippen LogP contribution is -2.31. The van der Waals surface area contributed by atoms with E-state index in [1.807, 2.05) is 31.2 Å². The molecular weight excluding hydrogens is 312 g/mol. The minimum absolute atomic E-state index is 0.288. The molecule has 0 saturated carbocycles. The molecule has 0 fully saturated rings. The van der Waals surface area contributed by atoms with E-state index in [-0.39, 0.29) is 4.90 Å². The molecule has 0 saturated heterocycles. The van der Waals surface area contributed by atoms with Crippen LogP contribution in [-0.4, -0.2) is 28.6 Å². The summed E-state index contributed by atoms with van der Waals surface area (Å²) in [5, 5.41) is 3.20. The second-order valence-corrected chi connectivity index (χ2v) is 7.01. The molecule has 124 valence electrons. The fraction of sp³-hybridized carbons (Fsp3) is 0.294. The maximum atomic E-state index is 12.1. The predicted octanol–water partition coefficient (Wildman–Crippen LogP) is 2.07. The summed E-state index contributed by atoms with van der Waals surface area (Å²) in [5.41, 5.74) is 2.12. The average molecular weight is 334 g/mol. The van der Waals surface area contributed by atoms with Crippen molar-refractivity contribution in [1.82, 2.24) is 10.0 Å². The standard InChI is InChI=1S/C17H22N2O3S/c1-14-6-8-17(9-7-14)23(20,21)19-11-10-18-13-15-4-3-5-16(12-15)22-2/h3-9,12,18-19H,10-11,13H2,1-2H3. The number of ether oxygens (including phenoxy) is 1. The Hall–Kier alpha value is -1.89. The van der Waals surface area contributed by atoms with Gasteiger partial charge in [0.05, 0.1) is 12.0 Å². The predicted molar refractivity (Wildman–Crippen MR) is 91.1 cm³/mol. The molecule has 6 heteroatoms. The van der Waals surface area contributed by atoms with E-state index in [9.17, 15) is 8.42 Å². The Morgan fingerprint density at radius 3 is 2.48 bits per heavy atom. The first kappa shape index (κ1) is 17.5. The summed E-state index contributed by atoms with van der Waals surface area (Å²) in [6.07, 6.45) is 0. The Kier molecular flexibility index (Phi) is 6.15. The normalized spacial score (nSPS) is 11.4. The van der Waals surface area contributed by atoms with Crippen LogP contribution in [0.4, 0.5) is 0 Å². The molecule has 0 unspecified atom stereocenters. The van der Waals surface area contributed by atoms with Gasteiger partial charge >= 0.3 is 0 Å². The molecule has 0 radical (unpaired) electrons. The third-order valence-electron chi connectivity index (χ3n) is 3.39. The number of hydrogen-bond donors (Lipinski definition) is 2. The Bertz CT molecular complexity index is 728. The number of hydrogen-bond acceptors (Lipinski definition) is 4. The van der Waals surface area contributed by atoms with E-state index in [0.29, 0.717) is 19.6 Å². The number of aryl methyl sites for hydroxylation is 1. The molecule has 0 aromatic heterocycles. The Balaban J connectivity index is 1.77. The molecule has 0 spiro atoms. The maximum absolute atomic E-state index is 12.1. The zero-order valence-corrected chi connectivity index (χ0v) is 14.2. The summed E-state index contributed by atoms with van der Waals surface area (Å²) in [6, 6.07) is 14.6.